The third-order valence-electron chi connectivity index (χ3n) is 3.30. The number of halogens is 3. The van der Waals surface area contributed by atoms with Crippen LogP contribution in [0.15, 0.2) is 22.9 Å². The van der Waals surface area contributed by atoms with Gasteiger partial charge in [-0.25, -0.2) is 13.8 Å². The minimum Gasteiger partial charge on any atom is -0.347 e. The highest BCUT2D eigenvalue weighted by atomic mass is 79.9. The Morgan fingerprint density at radius 3 is 3.00 bits per heavy atom. The lowest BCUT2D eigenvalue weighted by atomic mass is 10.0. The maximum atomic E-state index is 13.7. The second-order valence-electron chi connectivity index (χ2n) is 4.70. The number of benzene rings is 1. The first-order chi connectivity index (χ1) is 10.0. The molecule has 1 atom stereocenters. The monoisotopic (exact) mass is 356 g/mol. The van der Waals surface area contributed by atoms with Gasteiger partial charge in [0.1, 0.15) is 5.82 Å². The number of nitrogens with one attached hydrogen (secondary N) is 3. The lowest BCUT2D eigenvalue weighted by Gasteiger charge is -2.22. The first-order valence-corrected chi connectivity index (χ1v) is 7.04. The second-order valence-corrected chi connectivity index (χ2v) is 5.55. The molecule has 1 aliphatic heterocycles. The van der Waals surface area contributed by atoms with Crippen molar-refractivity contribution in [3.63, 3.8) is 0 Å². The summed E-state index contributed by atoms with van der Waals surface area (Å²) in [6, 6.07) is 1.30. The number of carbonyl (C=O) groups excluding carboxylic acids is 1. The number of imidazole rings is 1. The Morgan fingerprint density at radius 2 is 2.24 bits per heavy atom. The fourth-order valence-electron chi connectivity index (χ4n) is 2.23. The molecule has 110 valence electrons. The lowest BCUT2D eigenvalue weighted by Crippen LogP contribution is -2.45. The maximum absolute atomic E-state index is 13.7. The SMILES string of the molecule is O=C(Nc1c(F)cc(F)cc1Br)C1Cc2nc[nH]c2CN1. The number of hydrogen-bond acceptors (Lipinski definition) is 3. The van der Waals surface area contributed by atoms with Crippen molar-refractivity contribution in [1.29, 1.82) is 0 Å². The molecule has 0 fully saturated rings. The number of aromatic amines is 1. The zero-order valence-electron chi connectivity index (χ0n) is 10.7. The molecule has 0 saturated carbocycles. The molecule has 21 heavy (non-hydrogen) atoms. The molecule has 1 amide bonds. The molecule has 0 saturated heterocycles. The van der Waals surface area contributed by atoms with Gasteiger partial charge < -0.3 is 10.3 Å². The molecule has 3 N–H and O–H groups in total. The first-order valence-electron chi connectivity index (χ1n) is 6.24. The van der Waals surface area contributed by atoms with Crippen LogP contribution < -0.4 is 10.6 Å². The zero-order chi connectivity index (χ0) is 15.0. The third-order valence-corrected chi connectivity index (χ3v) is 3.93. The van der Waals surface area contributed by atoms with E-state index in [2.05, 4.69) is 36.5 Å². The molecular formula is C13H11BrF2N4O. The molecule has 1 aliphatic rings. The number of aromatic nitrogens is 2. The minimum absolute atomic E-state index is 0.0731. The number of nitrogens with zero attached hydrogens (tertiary/aromatic N) is 1. The number of anilines is 1. The van der Waals surface area contributed by atoms with Crippen LogP contribution >= 0.6 is 15.9 Å². The van der Waals surface area contributed by atoms with Crippen molar-refractivity contribution in [3.05, 3.63) is 46.0 Å². The normalized spacial score (nSPS) is 17.4. The number of amides is 1. The van der Waals surface area contributed by atoms with Gasteiger partial charge in [0.15, 0.2) is 5.82 Å². The molecule has 2 aromatic rings. The molecule has 0 spiro atoms. The average Bonchev–Trinajstić information content (AvgIpc) is 2.89. The second kappa shape index (κ2) is 5.53. The largest absolute Gasteiger partial charge is 0.347 e. The van der Waals surface area contributed by atoms with Crippen LogP contribution in [0, 0.1) is 11.6 Å². The van der Waals surface area contributed by atoms with Crippen molar-refractivity contribution < 1.29 is 13.6 Å². The van der Waals surface area contributed by atoms with E-state index in [0.717, 1.165) is 23.5 Å². The number of rotatable bonds is 2. The Hall–Kier alpha value is -1.80. The Morgan fingerprint density at radius 1 is 1.43 bits per heavy atom. The number of hydrogen-bond donors (Lipinski definition) is 3. The van der Waals surface area contributed by atoms with Gasteiger partial charge >= 0.3 is 0 Å². The summed E-state index contributed by atoms with van der Waals surface area (Å²) >= 11 is 3.04. The van der Waals surface area contributed by atoms with E-state index < -0.39 is 23.6 Å². The average molecular weight is 357 g/mol. The van der Waals surface area contributed by atoms with E-state index in [-0.39, 0.29) is 10.2 Å². The molecular weight excluding hydrogens is 346 g/mol. The van der Waals surface area contributed by atoms with E-state index in [9.17, 15) is 13.6 Å². The van der Waals surface area contributed by atoms with Crippen molar-refractivity contribution in [1.82, 2.24) is 15.3 Å². The van der Waals surface area contributed by atoms with Crippen molar-refractivity contribution in [2.75, 3.05) is 5.32 Å². The summed E-state index contributed by atoms with van der Waals surface area (Å²) in [5.74, 6) is -1.93. The van der Waals surface area contributed by atoms with Gasteiger partial charge in [0.25, 0.3) is 0 Å². The number of H-pyrrole nitrogens is 1. The highest BCUT2D eigenvalue weighted by molar-refractivity contribution is 9.10. The summed E-state index contributed by atoms with van der Waals surface area (Å²) in [6.45, 7) is 0.487. The fourth-order valence-corrected chi connectivity index (χ4v) is 2.73. The summed E-state index contributed by atoms with van der Waals surface area (Å²) in [6.07, 6.45) is 1.98. The Bertz CT molecular complexity index is 680. The Kier molecular flexibility index (Phi) is 3.73. The molecule has 1 aromatic carbocycles. The molecule has 2 heterocycles. The number of carbonyl (C=O) groups is 1. The van der Waals surface area contributed by atoms with Gasteiger partial charge in [-0.3, -0.25) is 10.1 Å². The first kappa shape index (κ1) is 14.2. The fraction of sp³-hybridized carbons (Fsp3) is 0.231. The van der Waals surface area contributed by atoms with Crippen LogP contribution in [-0.2, 0) is 17.8 Å². The molecule has 1 unspecified atom stereocenters. The van der Waals surface area contributed by atoms with Crippen LogP contribution in [0.3, 0.4) is 0 Å². The van der Waals surface area contributed by atoms with E-state index in [1.54, 1.807) is 6.33 Å². The topological polar surface area (TPSA) is 69.8 Å². The summed E-state index contributed by atoms with van der Waals surface area (Å²) in [4.78, 5) is 19.3. The van der Waals surface area contributed by atoms with Crippen LogP contribution in [0.2, 0.25) is 0 Å². The van der Waals surface area contributed by atoms with Gasteiger partial charge in [0.05, 0.1) is 29.4 Å². The van der Waals surface area contributed by atoms with Crippen LogP contribution in [-0.4, -0.2) is 21.9 Å². The van der Waals surface area contributed by atoms with Crippen molar-refractivity contribution in [2.24, 2.45) is 0 Å². The molecule has 0 aliphatic carbocycles. The van der Waals surface area contributed by atoms with Crippen LogP contribution in [0.4, 0.5) is 14.5 Å². The predicted octanol–water partition coefficient (Wildman–Crippen LogP) is 2.10. The smallest absolute Gasteiger partial charge is 0.242 e. The van der Waals surface area contributed by atoms with E-state index in [0.29, 0.717) is 13.0 Å². The van der Waals surface area contributed by atoms with Crippen molar-refractivity contribution in [2.45, 2.75) is 19.0 Å². The van der Waals surface area contributed by atoms with Crippen LogP contribution in [0.25, 0.3) is 0 Å². The highest BCUT2D eigenvalue weighted by Crippen LogP contribution is 2.27. The van der Waals surface area contributed by atoms with Crippen molar-refractivity contribution in [3.8, 4) is 0 Å². The maximum Gasteiger partial charge on any atom is 0.242 e. The number of fused-ring (bicyclic) bond motifs is 1. The molecule has 5 nitrogen and oxygen atoms in total. The Labute approximate surface area is 127 Å². The summed E-state index contributed by atoms with van der Waals surface area (Å²) < 4.78 is 26.9. The lowest BCUT2D eigenvalue weighted by molar-refractivity contribution is -0.118. The van der Waals surface area contributed by atoms with Gasteiger partial charge in [-0.05, 0) is 22.0 Å². The van der Waals surface area contributed by atoms with E-state index in [1.165, 1.54) is 0 Å². The van der Waals surface area contributed by atoms with Gasteiger partial charge in [0, 0.05) is 23.5 Å². The minimum atomic E-state index is -0.827. The standard InChI is InChI=1S/C13H11BrF2N4O/c14-7-1-6(15)2-8(16)12(7)20-13(21)10-3-9-11(4-17-10)19-5-18-9/h1-2,5,10,17H,3-4H2,(H,18,19)(H,20,21). The van der Waals surface area contributed by atoms with E-state index in [4.69, 9.17) is 0 Å². The molecule has 3 rings (SSSR count). The third kappa shape index (κ3) is 2.81. The predicted molar refractivity (Wildman–Crippen MR) is 75.6 cm³/mol. The van der Waals surface area contributed by atoms with Gasteiger partial charge in [-0.2, -0.15) is 0 Å². The van der Waals surface area contributed by atoms with E-state index >= 15 is 0 Å². The van der Waals surface area contributed by atoms with Crippen LogP contribution in [0.1, 0.15) is 11.4 Å². The summed E-state index contributed by atoms with van der Waals surface area (Å²) in [5.41, 5.74) is 1.68. The van der Waals surface area contributed by atoms with Crippen LogP contribution in [0.5, 0.6) is 0 Å². The van der Waals surface area contributed by atoms with Gasteiger partial charge in [-0.1, -0.05) is 0 Å². The van der Waals surface area contributed by atoms with Crippen molar-refractivity contribution >= 4 is 27.5 Å². The highest BCUT2D eigenvalue weighted by Gasteiger charge is 2.26. The van der Waals surface area contributed by atoms with E-state index in [1.807, 2.05) is 0 Å². The quantitative estimate of drug-likeness (QED) is 0.771. The van der Waals surface area contributed by atoms with Gasteiger partial charge in [-0.15, -0.1) is 0 Å². The van der Waals surface area contributed by atoms with Gasteiger partial charge in [0.2, 0.25) is 5.91 Å². The molecule has 0 bridgehead atoms. The Balaban J connectivity index is 1.76. The molecule has 1 aromatic heterocycles. The molecule has 0 radical (unpaired) electrons. The zero-order valence-corrected chi connectivity index (χ0v) is 12.3. The summed E-state index contributed by atoms with van der Waals surface area (Å²) in [7, 11) is 0. The summed E-state index contributed by atoms with van der Waals surface area (Å²) in [5, 5.41) is 5.51. The molecule has 8 heteroatoms.